The average Bonchev–Trinajstić information content (AvgIpc) is 3.09. The Morgan fingerprint density at radius 1 is 1.28 bits per heavy atom. The molecule has 1 heterocycles. The molecule has 1 aromatic carbocycles. The Morgan fingerprint density at radius 3 is 2.52 bits per heavy atom. The second kappa shape index (κ2) is 8.71. The lowest BCUT2D eigenvalue weighted by molar-refractivity contribution is -0.129. The van der Waals surface area contributed by atoms with E-state index in [9.17, 15) is 18.0 Å². The SMILES string of the molecule is CCS(=O)(=O)N1CC(NC(=O)Cc2ccc(OC)cc2)C(=O)NC2(CCCC2)C1. The molecule has 2 aliphatic rings. The zero-order chi connectivity index (χ0) is 21.1. The molecule has 29 heavy (non-hydrogen) atoms. The lowest BCUT2D eigenvalue weighted by Crippen LogP contribution is -2.54. The van der Waals surface area contributed by atoms with Gasteiger partial charge in [0.2, 0.25) is 21.8 Å². The van der Waals surface area contributed by atoms with Gasteiger partial charge in [-0.25, -0.2) is 8.42 Å². The molecule has 0 aromatic heterocycles. The maximum Gasteiger partial charge on any atom is 0.244 e. The number of ether oxygens (including phenoxy) is 1. The van der Waals surface area contributed by atoms with E-state index in [2.05, 4.69) is 10.6 Å². The van der Waals surface area contributed by atoms with E-state index in [0.717, 1.165) is 31.2 Å². The summed E-state index contributed by atoms with van der Waals surface area (Å²) in [6, 6.07) is 6.18. The number of rotatable bonds is 6. The first-order valence-corrected chi connectivity index (χ1v) is 11.6. The third-order valence-electron chi connectivity index (χ3n) is 5.75. The topological polar surface area (TPSA) is 105 Å². The number of amides is 2. The highest BCUT2D eigenvalue weighted by Crippen LogP contribution is 2.32. The highest BCUT2D eigenvalue weighted by Gasteiger charge is 2.44. The van der Waals surface area contributed by atoms with Crippen LogP contribution in [0.2, 0.25) is 0 Å². The van der Waals surface area contributed by atoms with Crippen LogP contribution in [-0.4, -0.2) is 62.1 Å². The van der Waals surface area contributed by atoms with Crippen molar-refractivity contribution in [3.8, 4) is 5.75 Å². The van der Waals surface area contributed by atoms with Crippen molar-refractivity contribution in [2.24, 2.45) is 0 Å². The normalized spacial score (nSPS) is 22.1. The summed E-state index contributed by atoms with van der Waals surface area (Å²) in [6.07, 6.45) is 3.50. The van der Waals surface area contributed by atoms with Crippen LogP contribution in [0.4, 0.5) is 0 Å². The van der Waals surface area contributed by atoms with Crippen molar-refractivity contribution in [2.45, 2.75) is 50.6 Å². The molecule has 1 saturated carbocycles. The van der Waals surface area contributed by atoms with Crippen molar-refractivity contribution in [1.29, 1.82) is 0 Å². The summed E-state index contributed by atoms with van der Waals surface area (Å²) in [7, 11) is -1.92. The summed E-state index contributed by atoms with van der Waals surface area (Å²) >= 11 is 0. The van der Waals surface area contributed by atoms with Gasteiger partial charge in [0.05, 0.1) is 24.8 Å². The predicted molar refractivity (Wildman–Crippen MR) is 109 cm³/mol. The molecule has 1 atom stereocenters. The zero-order valence-corrected chi connectivity index (χ0v) is 17.8. The first-order valence-electron chi connectivity index (χ1n) is 9.99. The third kappa shape index (κ3) is 5.08. The Labute approximate surface area is 172 Å². The van der Waals surface area contributed by atoms with E-state index >= 15 is 0 Å². The van der Waals surface area contributed by atoms with Gasteiger partial charge in [-0.05, 0) is 37.5 Å². The van der Waals surface area contributed by atoms with Crippen molar-refractivity contribution in [3.63, 3.8) is 0 Å². The number of sulfonamides is 1. The lowest BCUT2D eigenvalue weighted by Gasteiger charge is -2.32. The second-order valence-corrected chi connectivity index (χ2v) is 10.1. The van der Waals surface area contributed by atoms with Gasteiger partial charge >= 0.3 is 0 Å². The van der Waals surface area contributed by atoms with Gasteiger partial charge in [-0.2, -0.15) is 4.31 Å². The first-order chi connectivity index (χ1) is 13.8. The van der Waals surface area contributed by atoms with Crippen molar-refractivity contribution >= 4 is 21.8 Å². The van der Waals surface area contributed by atoms with Crippen molar-refractivity contribution in [1.82, 2.24) is 14.9 Å². The molecular weight excluding hydrogens is 394 g/mol. The molecule has 9 heteroatoms. The van der Waals surface area contributed by atoms with Gasteiger partial charge in [-0.1, -0.05) is 25.0 Å². The standard InChI is InChI=1S/C20H29N3O5S/c1-3-29(26,27)23-13-17(19(25)22-20(14-23)10-4-5-11-20)21-18(24)12-15-6-8-16(28-2)9-7-15/h6-9,17H,3-5,10-14H2,1-2H3,(H,21,24)(H,22,25). The Balaban J connectivity index is 1.74. The van der Waals surface area contributed by atoms with Gasteiger partial charge in [0.25, 0.3) is 0 Å². The maximum absolute atomic E-state index is 12.8. The van der Waals surface area contributed by atoms with E-state index in [0.29, 0.717) is 5.75 Å². The van der Waals surface area contributed by atoms with Crippen molar-refractivity contribution in [3.05, 3.63) is 29.8 Å². The third-order valence-corrected chi connectivity index (χ3v) is 7.54. The molecule has 2 fully saturated rings. The molecule has 1 aromatic rings. The average molecular weight is 424 g/mol. The van der Waals surface area contributed by atoms with Crippen LogP contribution >= 0.6 is 0 Å². The number of carbonyl (C=O) groups excluding carboxylic acids is 2. The predicted octanol–water partition coefficient (Wildman–Crippen LogP) is 0.817. The Hall–Kier alpha value is -2.13. The summed E-state index contributed by atoms with van der Waals surface area (Å²) in [5.74, 6) is 0.0129. The maximum atomic E-state index is 12.8. The molecule has 0 radical (unpaired) electrons. The van der Waals surface area contributed by atoms with Gasteiger partial charge in [0.1, 0.15) is 11.8 Å². The van der Waals surface area contributed by atoms with Gasteiger partial charge in [0.15, 0.2) is 0 Å². The van der Waals surface area contributed by atoms with Crippen molar-refractivity contribution < 1.29 is 22.7 Å². The lowest BCUT2D eigenvalue weighted by atomic mass is 9.98. The molecule has 8 nitrogen and oxygen atoms in total. The monoisotopic (exact) mass is 423 g/mol. The molecule has 1 aliphatic heterocycles. The van der Waals surface area contributed by atoms with E-state index in [-0.39, 0.29) is 37.1 Å². The smallest absolute Gasteiger partial charge is 0.244 e. The fourth-order valence-corrected chi connectivity index (χ4v) is 5.28. The minimum Gasteiger partial charge on any atom is -0.497 e. The Morgan fingerprint density at radius 2 is 1.93 bits per heavy atom. The van der Waals surface area contributed by atoms with Crippen LogP contribution in [0.1, 0.15) is 38.2 Å². The Bertz CT molecular complexity index is 847. The number of nitrogens with one attached hydrogen (secondary N) is 2. The molecule has 1 aliphatic carbocycles. The summed E-state index contributed by atoms with van der Waals surface area (Å²) in [5, 5.41) is 5.77. The molecule has 2 amide bonds. The Kier molecular flexibility index (Phi) is 6.48. The number of carbonyl (C=O) groups is 2. The number of benzene rings is 1. The minimum atomic E-state index is -3.49. The van der Waals surface area contributed by atoms with Crippen LogP contribution in [0.15, 0.2) is 24.3 Å². The highest BCUT2D eigenvalue weighted by atomic mass is 32.2. The van der Waals surface area contributed by atoms with Crippen molar-refractivity contribution in [2.75, 3.05) is 26.0 Å². The quantitative estimate of drug-likeness (QED) is 0.705. The molecule has 1 spiro atoms. The van der Waals surface area contributed by atoms with Crippen LogP contribution in [0.5, 0.6) is 5.75 Å². The number of nitrogens with zero attached hydrogens (tertiary/aromatic N) is 1. The summed E-state index contributed by atoms with van der Waals surface area (Å²) < 4.78 is 31.7. The molecule has 2 N–H and O–H groups in total. The number of hydrogen-bond acceptors (Lipinski definition) is 5. The van der Waals surface area contributed by atoms with E-state index in [1.807, 2.05) is 0 Å². The van der Waals surface area contributed by atoms with E-state index in [4.69, 9.17) is 4.74 Å². The van der Waals surface area contributed by atoms with E-state index in [1.165, 1.54) is 4.31 Å². The van der Waals surface area contributed by atoms with Gasteiger partial charge < -0.3 is 15.4 Å². The molecule has 1 unspecified atom stereocenters. The summed E-state index contributed by atoms with van der Waals surface area (Å²) in [5.41, 5.74) is 0.247. The van der Waals surface area contributed by atoms with E-state index in [1.54, 1.807) is 38.3 Å². The number of methoxy groups -OCH3 is 1. The summed E-state index contributed by atoms with van der Waals surface area (Å²) in [4.78, 5) is 25.4. The summed E-state index contributed by atoms with van der Waals surface area (Å²) in [6.45, 7) is 1.81. The first kappa shape index (κ1) is 21.6. The van der Waals surface area contributed by atoms with Crippen LogP contribution in [-0.2, 0) is 26.0 Å². The van der Waals surface area contributed by atoms with Gasteiger partial charge in [-0.15, -0.1) is 0 Å². The van der Waals surface area contributed by atoms with Crippen LogP contribution in [0.3, 0.4) is 0 Å². The molecule has 3 rings (SSSR count). The van der Waals surface area contributed by atoms with Crippen LogP contribution in [0, 0.1) is 0 Å². The zero-order valence-electron chi connectivity index (χ0n) is 16.9. The fraction of sp³-hybridized carbons (Fsp3) is 0.600. The molecule has 1 saturated heterocycles. The molecule has 0 bridgehead atoms. The fourth-order valence-electron chi connectivity index (χ4n) is 4.09. The van der Waals surface area contributed by atoms with Gasteiger partial charge in [-0.3, -0.25) is 9.59 Å². The minimum absolute atomic E-state index is 0.0379. The van der Waals surface area contributed by atoms with Crippen LogP contribution in [0.25, 0.3) is 0 Å². The number of hydrogen-bond donors (Lipinski definition) is 2. The molecular formula is C20H29N3O5S. The largest absolute Gasteiger partial charge is 0.497 e. The second-order valence-electron chi connectivity index (χ2n) is 7.81. The van der Waals surface area contributed by atoms with E-state index < -0.39 is 21.6 Å². The van der Waals surface area contributed by atoms with Gasteiger partial charge in [0, 0.05) is 13.1 Å². The van der Waals surface area contributed by atoms with Crippen LogP contribution < -0.4 is 15.4 Å². The molecule has 160 valence electrons. The highest BCUT2D eigenvalue weighted by molar-refractivity contribution is 7.89.